The Morgan fingerprint density at radius 3 is 2.80 bits per heavy atom. The van der Waals surface area contributed by atoms with E-state index in [4.69, 9.17) is 0 Å². The molecule has 20 heavy (non-hydrogen) atoms. The molecular weight excluding hydrogens is 272 g/mol. The Balaban J connectivity index is 2.12. The van der Waals surface area contributed by atoms with Crippen LogP contribution in [-0.2, 0) is 4.79 Å². The van der Waals surface area contributed by atoms with Crippen LogP contribution < -0.4 is 5.32 Å². The maximum Gasteiger partial charge on any atom is 0.245 e. The number of nitrogens with one attached hydrogen (secondary N) is 1. The predicted octanol–water partition coefficient (Wildman–Crippen LogP) is 2.50. The molecule has 1 N–H and O–H groups in total. The van der Waals surface area contributed by atoms with E-state index >= 15 is 0 Å². The van der Waals surface area contributed by atoms with Gasteiger partial charge in [-0.15, -0.1) is 0 Å². The van der Waals surface area contributed by atoms with Crippen molar-refractivity contribution in [2.24, 2.45) is 0 Å². The van der Waals surface area contributed by atoms with Crippen molar-refractivity contribution in [3.05, 3.63) is 39.8 Å². The van der Waals surface area contributed by atoms with Crippen LogP contribution in [0.2, 0.25) is 0 Å². The van der Waals surface area contributed by atoms with Gasteiger partial charge in [-0.05, 0) is 49.2 Å². The molecule has 0 aromatic carbocycles. The molecule has 0 radical (unpaired) electrons. The summed E-state index contributed by atoms with van der Waals surface area (Å²) in [4.78, 5) is 12.2. The number of aryl methyl sites for hydroxylation is 2. The Morgan fingerprint density at radius 2 is 2.30 bits per heavy atom. The zero-order valence-corrected chi connectivity index (χ0v) is 12.4. The van der Waals surface area contributed by atoms with E-state index in [0.29, 0.717) is 0 Å². The van der Waals surface area contributed by atoms with E-state index in [1.165, 1.54) is 11.3 Å². The van der Waals surface area contributed by atoms with Gasteiger partial charge in [0.25, 0.3) is 0 Å². The molecule has 2 aromatic rings. The summed E-state index contributed by atoms with van der Waals surface area (Å²) in [6.45, 7) is 5.57. The average Bonchev–Trinajstić information content (AvgIpc) is 3.04. The smallest absolute Gasteiger partial charge is 0.245 e. The number of hydrogen-bond donors (Lipinski definition) is 1. The molecule has 0 aliphatic carbocycles. The van der Waals surface area contributed by atoms with Crippen LogP contribution in [0, 0.1) is 25.2 Å². The number of aromatic nitrogens is 2. The van der Waals surface area contributed by atoms with Crippen LogP contribution in [0.25, 0.3) is 0 Å². The highest BCUT2D eigenvalue weighted by Gasteiger charge is 2.21. The molecule has 0 saturated carbocycles. The molecular formula is C14H16N4OS. The first-order valence-corrected chi connectivity index (χ1v) is 7.22. The van der Waals surface area contributed by atoms with Crippen molar-refractivity contribution in [1.29, 1.82) is 5.26 Å². The quantitative estimate of drug-likeness (QED) is 0.939. The van der Waals surface area contributed by atoms with Crippen LogP contribution in [0.3, 0.4) is 0 Å². The third kappa shape index (κ3) is 2.89. The second kappa shape index (κ2) is 5.88. The van der Waals surface area contributed by atoms with Crippen LogP contribution in [0.5, 0.6) is 0 Å². The number of carbonyl (C=O) groups excluding carboxylic acids is 1. The lowest BCUT2D eigenvalue weighted by Crippen LogP contribution is -2.34. The monoisotopic (exact) mass is 288 g/mol. The molecule has 0 aliphatic rings. The number of nitrogens with zero attached hydrogens (tertiary/aromatic N) is 3. The van der Waals surface area contributed by atoms with Gasteiger partial charge in [0, 0.05) is 5.69 Å². The lowest BCUT2D eigenvalue weighted by Gasteiger charge is -2.17. The molecule has 2 atom stereocenters. The van der Waals surface area contributed by atoms with Crippen molar-refractivity contribution in [3.63, 3.8) is 0 Å². The van der Waals surface area contributed by atoms with Crippen molar-refractivity contribution in [2.45, 2.75) is 32.9 Å². The van der Waals surface area contributed by atoms with Gasteiger partial charge in [-0.3, -0.25) is 9.48 Å². The number of amides is 1. The van der Waals surface area contributed by atoms with Crippen molar-refractivity contribution in [2.75, 3.05) is 0 Å². The minimum Gasteiger partial charge on any atom is -0.335 e. The van der Waals surface area contributed by atoms with E-state index in [1.54, 1.807) is 11.6 Å². The van der Waals surface area contributed by atoms with Gasteiger partial charge in [0.2, 0.25) is 5.91 Å². The van der Waals surface area contributed by atoms with E-state index in [1.807, 2.05) is 36.7 Å². The SMILES string of the molecule is Cc1cc(C)n([C@@H](C)C(=O)N[C@H](C#N)c2ccsc2)n1. The highest BCUT2D eigenvalue weighted by atomic mass is 32.1. The third-order valence-electron chi connectivity index (χ3n) is 3.08. The average molecular weight is 288 g/mol. The first-order chi connectivity index (χ1) is 9.52. The normalized spacial score (nSPS) is 13.5. The molecule has 0 fully saturated rings. The zero-order valence-electron chi connectivity index (χ0n) is 11.6. The lowest BCUT2D eigenvalue weighted by molar-refractivity contribution is -0.124. The molecule has 0 aliphatic heterocycles. The zero-order chi connectivity index (χ0) is 14.7. The molecule has 6 heteroatoms. The fraction of sp³-hybridized carbons (Fsp3) is 0.357. The molecule has 5 nitrogen and oxygen atoms in total. The number of nitriles is 1. The molecule has 2 heterocycles. The lowest BCUT2D eigenvalue weighted by atomic mass is 10.1. The van der Waals surface area contributed by atoms with Gasteiger partial charge in [0.1, 0.15) is 12.1 Å². The van der Waals surface area contributed by atoms with Gasteiger partial charge in [-0.1, -0.05) is 0 Å². The fourth-order valence-corrected chi connectivity index (χ4v) is 2.73. The molecule has 104 valence electrons. The topological polar surface area (TPSA) is 70.7 Å². The summed E-state index contributed by atoms with van der Waals surface area (Å²) < 4.78 is 1.67. The van der Waals surface area contributed by atoms with Gasteiger partial charge in [0.15, 0.2) is 0 Å². The first-order valence-electron chi connectivity index (χ1n) is 6.27. The summed E-state index contributed by atoms with van der Waals surface area (Å²) in [5.41, 5.74) is 2.61. The van der Waals surface area contributed by atoms with Crippen LogP contribution in [0.4, 0.5) is 0 Å². The van der Waals surface area contributed by atoms with E-state index in [2.05, 4.69) is 16.5 Å². The number of thiophene rings is 1. The van der Waals surface area contributed by atoms with Gasteiger partial charge < -0.3 is 5.32 Å². The minimum atomic E-state index is -0.617. The van der Waals surface area contributed by atoms with Crippen molar-refractivity contribution in [1.82, 2.24) is 15.1 Å². The minimum absolute atomic E-state index is 0.214. The Labute approximate surface area is 121 Å². The summed E-state index contributed by atoms with van der Waals surface area (Å²) in [5.74, 6) is -0.214. The summed E-state index contributed by atoms with van der Waals surface area (Å²) in [7, 11) is 0. The summed E-state index contributed by atoms with van der Waals surface area (Å²) in [5, 5.41) is 20.0. The molecule has 0 saturated heterocycles. The van der Waals surface area contributed by atoms with E-state index in [9.17, 15) is 10.1 Å². The van der Waals surface area contributed by atoms with Gasteiger partial charge in [0.05, 0.1) is 11.8 Å². The highest BCUT2D eigenvalue weighted by Crippen LogP contribution is 2.17. The third-order valence-corrected chi connectivity index (χ3v) is 3.78. The van der Waals surface area contributed by atoms with E-state index in [0.717, 1.165) is 17.0 Å². The molecule has 2 aromatic heterocycles. The van der Waals surface area contributed by atoms with E-state index < -0.39 is 12.1 Å². The Kier molecular flexibility index (Phi) is 4.20. The second-order valence-electron chi connectivity index (χ2n) is 4.68. The Morgan fingerprint density at radius 1 is 1.55 bits per heavy atom. The summed E-state index contributed by atoms with van der Waals surface area (Å²) >= 11 is 1.50. The molecule has 0 unspecified atom stereocenters. The van der Waals surface area contributed by atoms with Crippen LogP contribution in [0.1, 0.15) is 36.0 Å². The second-order valence-corrected chi connectivity index (χ2v) is 5.46. The largest absolute Gasteiger partial charge is 0.335 e. The fourth-order valence-electron chi connectivity index (χ4n) is 2.04. The van der Waals surface area contributed by atoms with Gasteiger partial charge in [-0.25, -0.2) is 0 Å². The van der Waals surface area contributed by atoms with Crippen molar-refractivity contribution >= 4 is 17.2 Å². The Bertz CT molecular complexity index is 639. The van der Waals surface area contributed by atoms with Crippen LogP contribution in [-0.4, -0.2) is 15.7 Å². The summed E-state index contributed by atoms with van der Waals surface area (Å²) in [6.07, 6.45) is 0. The van der Waals surface area contributed by atoms with Crippen molar-refractivity contribution in [3.8, 4) is 6.07 Å². The number of hydrogen-bond acceptors (Lipinski definition) is 4. The summed E-state index contributed by atoms with van der Waals surface area (Å²) in [6, 6.07) is 4.80. The molecule has 0 spiro atoms. The highest BCUT2D eigenvalue weighted by molar-refractivity contribution is 7.08. The predicted molar refractivity (Wildman–Crippen MR) is 77.2 cm³/mol. The van der Waals surface area contributed by atoms with Gasteiger partial charge in [-0.2, -0.15) is 21.7 Å². The van der Waals surface area contributed by atoms with E-state index in [-0.39, 0.29) is 5.91 Å². The van der Waals surface area contributed by atoms with Crippen LogP contribution in [0.15, 0.2) is 22.9 Å². The first kappa shape index (κ1) is 14.3. The van der Waals surface area contributed by atoms with Crippen LogP contribution >= 0.6 is 11.3 Å². The maximum absolute atomic E-state index is 12.2. The maximum atomic E-state index is 12.2. The number of carbonyl (C=O) groups is 1. The van der Waals surface area contributed by atoms with Crippen molar-refractivity contribution < 1.29 is 4.79 Å². The van der Waals surface area contributed by atoms with Gasteiger partial charge >= 0.3 is 0 Å². The number of rotatable bonds is 4. The molecule has 2 rings (SSSR count). The molecule has 0 bridgehead atoms. The Hall–Kier alpha value is -2.13. The standard InChI is InChI=1S/C14H16N4OS/c1-9-6-10(2)18(17-9)11(3)14(19)16-13(7-15)12-4-5-20-8-12/h4-6,8,11,13H,1-3H3,(H,16,19)/t11-,13+/m0/s1. The molecule has 1 amide bonds.